The molecule has 0 radical (unpaired) electrons. The third kappa shape index (κ3) is 4.84. The van der Waals surface area contributed by atoms with Crippen molar-refractivity contribution in [2.45, 2.75) is 6.92 Å². The standard InChI is InChI=1S/C16H16O4P2/c1-11(17)18-15-8-13(9-16(10-15)20-22)3-2-12-4-6-14(19-21)7-5-12/h2-10H,21-22H2,1H3/b3-2+. The summed E-state index contributed by atoms with van der Waals surface area (Å²) in [6.45, 7) is 1.36. The molecule has 0 saturated carbocycles. The van der Waals surface area contributed by atoms with Crippen LogP contribution in [-0.2, 0) is 4.79 Å². The Kier molecular flexibility index (Phi) is 5.94. The topological polar surface area (TPSA) is 44.8 Å². The van der Waals surface area contributed by atoms with E-state index in [9.17, 15) is 4.79 Å². The minimum Gasteiger partial charge on any atom is -0.480 e. The first-order chi connectivity index (χ1) is 10.6. The summed E-state index contributed by atoms with van der Waals surface area (Å²) in [5.41, 5.74) is 1.89. The third-order valence-electron chi connectivity index (χ3n) is 2.78. The van der Waals surface area contributed by atoms with Crippen LogP contribution in [-0.4, -0.2) is 5.97 Å². The van der Waals surface area contributed by atoms with E-state index in [1.165, 1.54) is 6.92 Å². The van der Waals surface area contributed by atoms with E-state index in [0.717, 1.165) is 16.9 Å². The molecule has 0 saturated heterocycles. The van der Waals surface area contributed by atoms with E-state index in [2.05, 4.69) is 18.9 Å². The summed E-state index contributed by atoms with van der Waals surface area (Å²) < 4.78 is 15.3. The van der Waals surface area contributed by atoms with Crippen molar-refractivity contribution in [2.75, 3.05) is 0 Å². The monoisotopic (exact) mass is 334 g/mol. The van der Waals surface area contributed by atoms with Gasteiger partial charge in [0.1, 0.15) is 17.2 Å². The molecule has 0 aromatic heterocycles. The number of carbonyl (C=O) groups excluding carboxylic acids is 1. The number of ether oxygens (including phenoxy) is 1. The summed E-state index contributed by atoms with van der Waals surface area (Å²) in [7, 11) is 4.38. The molecule has 0 spiro atoms. The second kappa shape index (κ2) is 7.93. The van der Waals surface area contributed by atoms with E-state index in [4.69, 9.17) is 13.8 Å². The molecule has 0 fully saturated rings. The Balaban J connectivity index is 2.22. The highest BCUT2D eigenvalue weighted by Gasteiger charge is 2.03. The second-order valence-corrected chi connectivity index (χ2v) is 4.94. The normalized spacial score (nSPS) is 10.5. The fraction of sp³-hybridized carbons (Fsp3) is 0.0625. The van der Waals surface area contributed by atoms with Gasteiger partial charge in [-0.05, 0) is 35.4 Å². The van der Waals surface area contributed by atoms with Gasteiger partial charge in [-0.1, -0.05) is 24.3 Å². The maximum Gasteiger partial charge on any atom is 0.308 e. The van der Waals surface area contributed by atoms with Crippen LogP contribution in [0.4, 0.5) is 0 Å². The van der Waals surface area contributed by atoms with E-state index in [1.807, 2.05) is 42.5 Å². The molecule has 0 aliphatic heterocycles. The van der Waals surface area contributed by atoms with Gasteiger partial charge in [-0.15, -0.1) is 0 Å². The summed E-state index contributed by atoms with van der Waals surface area (Å²) in [6, 6.07) is 12.9. The lowest BCUT2D eigenvalue weighted by Gasteiger charge is -2.06. The van der Waals surface area contributed by atoms with Gasteiger partial charge in [0.15, 0.2) is 0 Å². The summed E-state index contributed by atoms with van der Waals surface area (Å²) >= 11 is 0. The largest absolute Gasteiger partial charge is 0.480 e. The lowest BCUT2D eigenvalue weighted by atomic mass is 10.1. The first-order valence-electron chi connectivity index (χ1n) is 6.46. The number of carbonyl (C=O) groups is 1. The average molecular weight is 334 g/mol. The molecule has 0 bridgehead atoms. The lowest BCUT2D eigenvalue weighted by molar-refractivity contribution is -0.131. The van der Waals surface area contributed by atoms with E-state index < -0.39 is 0 Å². The minimum atomic E-state index is -0.371. The van der Waals surface area contributed by atoms with Gasteiger partial charge in [-0.25, -0.2) is 0 Å². The molecule has 0 heterocycles. The summed E-state index contributed by atoms with van der Waals surface area (Å²) in [5, 5.41) is 0. The fourth-order valence-corrected chi connectivity index (χ4v) is 2.13. The molecule has 0 N–H and O–H groups in total. The van der Waals surface area contributed by atoms with Gasteiger partial charge in [-0.2, -0.15) is 0 Å². The number of hydrogen-bond donors (Lipinski definition) is 0. The Labute approximate surface area is 134 Å². The molecular weight excluding hydrogens is 318 g/mol. The summed E-state index contributed by atoms with van der Waals surface area (Å²) in [6.07, 6.45) is 3.86. The van der Waals surface area contributed by atoms with Crippen LogP contribution in [0.2, 0.25) is 0 Å². The van der Waals surface area contributed by atoms with Gasteiger partial charge in [-0.3, -0.25) is 4.79 Å². The predicted octanol–water partition coefficient (Wildman–Crippen LogP) is 4.12. The van der Waals surface area contributed by atoms with E-state index >= 15 is 0 Å². The molecule has 2 aromatic carbocycles. The van der Waals surface area contributed by atoms with Crippen LogP contribution < -0.4 is 13.8 Å². The smallest absolute Gasteiger partial charge is 0.308 e. The van der Waals surface area contributed by atoms with Crippen LogP contribution in [0.3, 0.4) is 0 Å². The van der Waals surface area contributed by atoms with Gasteiger partial charge in [0.25, 0.3) is 0 Å². The molecule has 6 heteroatoms. The molecule has 2 rings (SSSR count). The maximum atomic E-state index is 11.1. The quantitative estimate of drug-likeness (QED) is 0.357. The van der Waals surface area contributed by atoms with Crippen molar-refractivity contribution in [3.8, 4) is 17.2 Å². The fourth-order valence-electron chi connectivity index (χ4n) is 1.83. The minimum absolute atomic E-state index is 0.371. The van der Waals surface area contributed by atoms with Crippen molar-refractivity contribution in [1.29, 1.82) is 0 Å². The zero-order chi connectivity index (χ0) is 15.9. The van der Waals surface area contributed by atoms with Gasteiger partial charge >= 0.3 is 5.97 Å². The van der Waals surface area contributed by atoms with E-state index in [-0.39, 0.29) is 5.97 Å². The summed E-state index contributed by atoms with van der Waals surface area (Å²) in [5.74, 6) is 1.44. The first-order valence-corrected chi connectivity index (χ1v) is 7.40. The zero-order valence-corrected chi connectivity index (χ0v) is 14.3. The highest BCUT2D eigenvalue weighted by Crippen LogP contribution is 2.26. The Morgan fingerprint density at radius 3 is 2.05 bits per heavy atom. The van der Waals surface area contributed by atoms with Crippen LogP contribution in [0, 0.1) is 0 Å². The number of benzene rings is 2. The van der Waals surface area contributed by atoms with E-state index in [1.54, 1.807) is 12.1 Å². The Bertz CT molecular complexity index is 681. The van der Waals surface area contributed by atoms with Gasteiger partial charge in [0, 0.05) is 13.0 Å². The Morgan fingerprint density at radius 1 is 0.864 bits per heavy atom. The molecule has 0 aliphatic carbocycles. The molecule has 4 nitrogen and oxygen atoms in total. The highest BCUT2D eigenvalue weighted by atomic mass is 31.0. The zero-order valence-electron chi connectivity index (χ0n) is 12.0. The lowest BCUT2D eigenvalue weighted by Crippen LogP contribution is -2.01. The molecule has 2 unspecified atom stereocenters. The van der Waals surface area contributed by atoms with Crippen LogP contribution in [0.5, 0.6) is 17.2 Å². The molecule has 0 amide bonds. The van der Waals surface area contributed by atoms with Crippen molar-refractivity contribution in [3.63, 3.8) is 0 Å². The van der Waals surface area contributed by atoms with Crippen molar-refractivity contribution < 1.29 is 18.6 Å². The number of esters is 1. The SMILES string of the molecule is CC(=O)Oc1cc(/C=C/c2ccc(OP)cc2)cc(OP)c1. The second-order valence-electron chi connectivity index (χ2n) is 4.47. The number of hydrogen-bond acceptors (Lipinski definition) is 4. The summed E-state index contributed by atoms with van der Waals surface area (Å²) in [4.78, 5) is 11.1. The molecule has 2 aromatic rings. The third-order valence-corrected chi connectivity index (χ3v) is 3.33. The Hall–Kier alpha value is -1.89. The van der Waals surface area contributed by atoms with Gasteiger partial charge < -0.3 is 13.8 Å². The molecular formula is C16H16O4P2. The van der Waals surface area contributed by atoms with Crippen LogP contribution in [0.25, 0.3) is 12.2 Å². The Morgan fingerprint density at radius 2 is 1.45 bits per heavy atom. The molecule has 22 heavy (non-hydrogen) atoms. The molecule has 114 valence electrons. The first kappa shape index (κ1) is 16.5. The average Bonchev–Trinajstić information content (AvgIpc) is 2.52. The van der Waals surface area contributed by atoms with Crippen molar-refractivity contribution in [2.24, 2.45) is 0 Å². The van der Waals surface area contributed by atoms with Crippen molar-refractivity contribution in [3.05, 3.63) is 53.6 Å². The van der Waals surface area contributed by atoms with Crippen molar-refractivity contribution >= 4 is 37.1 Å². The van der Waals surface area contributed by atoms with Crippen LogP contribution in [0.1, 0.15) is 18.1 Å². The maximum absolute atomic E-state index is 11.1. The van der Waals surface area contributed by atoms with Crippen LogP contribution in [0.15, 0.2) is 42.5 Å². The number of rotatable bonds is 5. The predicted molar refractivity (Wildman–Crippen MR) is 93.8 cm³/mol. The molecule has 2 atom stereocenters. The molecule has 0 aliphatic rings. The van der Waals surface area contributed by atoms with Crippen LogP contribution >= 0.6 is 18.9 Å². The highest BCUT2D eigenvalue weighted by molar-refractivity contribution is 7.10. The van der Waals surface area contributed by atoms with Gasteiger partial charge in [0.05, 0.1) is 18.9 Å². The van der Waals surface area contributed by atoms with Crippen molar-refractivity contribution in [1.82, 2.24) is 0 Å². The van der Waals surface area contributed by atoms with E-state index in [0.29, 0.717) is 11.5 Å². The van der Waals surface area contributed by atoms with Gasteiger partial charge in [0.2, 0.25) is 0 Å².